The average molecular weight is 484 g/mol. The van der Waals surface area contributed by atoms with Crippen LogP contribution >= 0.6 is 0 Å². The largest absolute Gasteiger partial charge is 0.457 e. The van der Waals surface area contributed by atoms with Crippen LogP contribution in [0.25, 0.3) is 10.9 Å². The first-order valence-electron chi connectivity index (χ1n) is 12.7. The number of carbonyl (C=O) groups excluding carboxylic acids is 2. The number of epoxide rings is 1. The van der Waals surface area contributed by atoms with Gasteiger partial charge in [0.15, 0.2) is 0 Å². The van der Waals surface area contributed by atoms with Gasteiger partial charge < -0.3 is 19.7 Å². The third kappa shape index (κ3) is 5.74. The topological polar surface area (TPSA) is 109 Å². The van der Waals surface area contributed by atoms with Gasteiger partial charge in [-0.3, -0.25) is 14.6 Å². The number of aromatic nitrogens is 1. The van der Waals surface area contributed by atoms with Crippen LogP contribution in [0.1, 0.15) is 71.5 Å². The van der Waals surface area contributed by atoms with E-state index in [1.54, 1.807) is 27.0 Å². The van der Waals surface area contributed by atoms with Gasteiger partial charge in [-0.1, -0.05) is 52.3 Å². The van der Waals surface area contributed by atoms with Crippen LogP contribution in [0, 0.1) is 17.3 Å². The maximum Gasteiger partial charge on any atom is 0.309 e. The van der Waals surface area contributed by atoms with Crippen LogP contribution in [-0.4, -0.2) is 51.4 Å². The molecule has 2 N–H and O–H groups in total. The molecule has 4 rings (SSSR count). The maximum absolute atomic E-state index is 13.2. The van der Waals surface area contributed by atoms with Gasteiger partial charge in [-0.2, -0.15) is 0 Å². The Labute approximate surface area is 206 Å². The highest BCUT2D eigenvalue weighted by molar-refractivity contribution is 5.88. The van der Waals surface area contributed by atoms with E-state index < -0.39 is 35.6 Å². The number of Topliss-reactive ketones (excluding diaryl/α,β-unsaturated/α-hetero) is 1. The molecule has 3 heterocycles. The fraction of sp³-hybridized carbons (Fsp3) is 0.607. The van der Waals surface area contributed by atoms with Crippen LogP contribution < -0.4 is 0 Å². The van der Waals surface area contributed by atoms with Gasteiger partial charge in [-0.15, -0.1) is 0 Å². The zero-order chi connectivity index (χ0) is 25.3. The molecule has 2 saturated heterocycles. The molecule has 0 saturated carbocycles. The molecule has 7 heteroatoms. The summed E-state index contributed by atoms with van der Waals surface area (Å²) in [5.74, 6) is -1.54. The molecule has 7 atom stereocenters. The van der Waals surface area contributed by atoms with E-state index in [1.807, 2.05) is 37.3 Å². The van der Waals surface area contributed by atoms with Crippen LogP contribution in [0.4, 0.5) is 0 Å². The monoisotopic (exact) mass is 483 g/mol. The summed E-state index contributed by atoms with van der Waals surface area (Å²) in [6.45, 7) is 6.90. The number of hydrogen-bond donors (Lipinski definition) is 2. The number of aliphatic hydroxyl groups is 2. The van der Waals surface area contributed by atoms with Gasteiger partial charge in [0.1, 0.15) is 11.9 Å². The van der Waals surface area contributed by atoms with E-state index >= 15 is 0 Å². The van der Waals surface area contributed by atoms with Gasteiger partial charge in [0, 0.05) is 23.9 Å². The molecule has 190 valence electrons. The molecule has 0 bridgehead atoms. The summed E-state index contributed by atoms with van der Waals surface area (Å²) in [5, 5.41) is 22.7. The second kappa shape index (κ2) is 10.3. The summed E-state index contributed by atoms with van der Waals surface area (Å²) in [7, 11) is 0. The van der Waals surface area contributed by atoms with Crippen LogP contribution in [0.5, 0.6) is 0 Å². The Morgan fingerprint density at radius 2 is 1.83 bits per heavy atom. The predicted octanol–water partition coefficient (Wildman–Crippen LogP) is 4.14. The normalized spacial score (nSPS) is 34.7. The second-order valence-corrected chi connectivity index (χ2v) is 10.9. The SMILES string of the molecule is C[C@H]1CCC[C@H]2O[C@H]2C[C@@H](c2ccc3cccnc3c2)OC(=O)C[C@H](O)C(C)(C)C(=O)[C@H](C)[C@H]1O. The molecule has 1 aromatic heterocycles. The summed E-state index contributed by atoms with van der Waals surface area (Å²) < 4.78 is 11.8. The molecule has 0 spiro atoms. The number of rotatable bonds is 1. The highest BCUT2D eigenvalue weighted by Gasteiger charge is 2.44. The molecular formula is C28H37NO6. The number of nitrogens with zero attached hydrogens (tertiary/aromatic N) is 1. The Kier molecular flexibility index (Phi) is 7.60. The van der Waals surface area contributed by atoms with Crippen molar-refractivity contribution in [2.24, 2.45) is 17.3 Å². The van der Waals surface area contributed by atoms with E-state index in [-0.39, 0.29) is 30.3 Å². The van der Waals surface area contributed by atoms with E-state index in [9.17, 15) is 19.8 Å². The smallest absolute Gasteiger partial charge is 0.309 e. The third-order valence-corrected chi connectivity index (χ3v) is 7.89. The average Bonchev–Trinajstić information content (AvgIpc) is 3.58. The number of aliphatic hydroxyl groups excluding tert-OH is 2. The molecule has 0 aliphatic carbocycles. The van der Waals surface area contributed by atoms with E-state index in [0.29, 0.717) is 6.42 Å². The van der Waals surface area contributed by atoms with Gasteiger partial charge in [0.25, 0.3) is 0 Å². The van der Waals surface area contributed by atoms with Crippen LogP contribution in [0.3, 0.4) is 0 Å². The molecular weight excluding hydrogens is 446 g/mol. The first-order valence-corrected chi connectivity index (χ1v) is 12.7. The van der Waals surface area contributed by atoms with E-state index in [4.69, 9.17) is 9.47 Å². The van der Waals surface area contributed by atoms with Crippen molar-refractivity contribution in [2.45, 2.75) is 90.3 Å². The van der Waals surface area contributed by atoms with E-state index in [1.165, 1.54) is 0 Å². The van der Waals surface area contributed by atoms with Gasteiger partial charge in [-0.05, 0) is 36.5 Å². The molecule has 0 amide bonds. The second-order valence-electron chi connectivity index (χ2n) is 10.9. The minimum Gasteiger partial charge on any atom is -0.457 e. The number of pyridine rings is 1. The summed E-state index contributed by atoms with van der Waals surface area (Å²) in [5.41, 5.74) is 0.438. The highest BCUT2D eigenvalue weighted by atomic mass is 16.6. The summed E-state index contributed by atoms with van der Waals surface area (Å²) >= 11 is 0. The van der Waals surface area contributed by atoms with Crippen molar-refractivity contribution in [3.63, 3.8) is 0 Å². The quantitative estimate of drug-likeness (QED) is 0.463. The van der Waals surface area contributed by atoms with Crippen molar-refractivity contribution in [3.05, 3.63) is 42.1 Å². The molecule has 2 aromatic rings. The molecule has 0 radical (unpaired) electrons. The Morgan fingerprint density at radius 1 is 1.06 bits per heavy atom. The fourth-order valence-corrected chi connectivity index (χ4v) is 5.22. The Bertz CT molecular complexity index is 1070. The molecule has 2 aliphatic heterocycles. The van der Waals surface area contributed by atoms with Gasteiger partial charge >= 0.3 is 5.97 Å². The molecule has 2 aliphatic rings. The standard InChI is InChI=1S/C28H37NO6/c1-16-7-5-9-21-23(34-21)14-22(19-11-10-18-8-6-12-29-20(18)13-19)35-25(31)15-24(30)28(3,4)27(33)17(2)26(16)32/h6,8,10-13,16-17,21-24,26,30,32H,5,7,9,14-15H2,1-4H3/t16-,17+,21+,22-,23-,24-,26-/m0/s1. The number of carbonyl (C=O) groups is 2. The predicted molar refractivity (Wildman–Crippen MR) is 131 cm³/mol. The van der Waals surface area contributed by atoms with Crippen molar-refractivity contribution in [3.8, 4) is 0 Å². The first-order chi connectivity index (χ1) is 16.6. The molecule has 1 aromatic carbocycles. The van der Waals surface area contributed by atoms with Crippen LogP contribution in [0.15, 0.2) is 36.5 Å². The van der Waals surface area contributed by atoms with E-state index in [0.717, 1.165) is 35.7 Å². The summed E-state index contributed by atoms with van der Waals surface area (Å²) in [6.07, 6.45) is 1.94. The molecule has 35 heavy (non-hydrogen) atoms. The maximum atomic E-state index is 13.2. The van der Waals surface area contributed by atoms with E-state index in [2.05, 4.69) is 4.98 Å². The lowest BCUT2D eigenvalue weighted by Gasteiger charge is -2.34. The van der Waals surface area contributed by atoms with Crippen LogP contribution in [-0.2, 0) is 19.1 Å². The minimum atomic E-state index is -1.23. The number of ether oxygens (including phenoxy) is 2. The van der Waals surface area contributed by atoms with Crippen molar-refractivity contribution in [1.82, 2.24) is 4.98 Å². The number of esters is 1. The first kappa shape index (κ1) is 25.7. The minimum absolute atomic E-state index is 0.0118. The fourth-order valence-electron chi connectivity index (χ4n) is 5.22. The number of ketones is 1. The lowest BCUT2D eigenvalue weighted by atomic mass is 9.73. The number of cyclic esters (lactones) is 1. The summed E-state index contributed by atoms with van der Waals surface area (Å²) in [4.78, 5) is 30.6. The van der Waals surface area contributed by atoms with Crippen molar-refractivity contribution in [1.29, 1.82) is 0 Å². The highest BCUT2D eigenvalue weighted by Crippen LogP contribution is 2.39. The lowest BCUT2D eigenvalue weighted by Crippen LogP contribution is -2.45. The zero-order valence-corrected chi connectivity index (χ0v) is 21.0. The van der Waals surface area contributed by atoms with Gasteiger partial charge in [0.05, 0.1) is 41.8 Å². The molecule has 2 fully saturated rings. The van der Waals surface area contributed by atoms with Gasteiger partial charge in [-0.25, -0.2) is 0 Å². The summed E-state index contributed by atoms with van der Waals surface area (Å²) in [6, 6.07) is 9.68. The van der Waals surface area contributed by atoms with Crippen molar-refractivity contribution in [2.75, 3.05) is 0 Å². The lowest BCUT2D eigenvalue weighted by molar-refractivity contribution is -0.156. The third-order valence-electron chi connectivity index (χ3n) is 7.89. The van der Waals surface area contributed by atoms with Crippen LogP contribution in [0.2, 0.25) is 0 Å². The number of fused-ring (bicyclic) bond motifs is 2. The number of benzene rings is 1. The Hall–Kier alpha value is -2.35. The Balaban J connectivity index is 1.58. The van der Waals surface area contributed by atoms with Crippen molar-refractivity contribution < 1.29 is 29.3 Å². The molecule has 7 nitrogen and oxygen atoms in total. The number of hydrogen-bond acceptors (Lipinski definition) is 7. The zero-order valence-electron chi connectivity index (χ0n) is 21.0. The van der Waals surface area contributed by atoms with Crippen molar-refractivity contribution >= 4 is 22.7 Å². The van der Waals surface area contributed by atoms with Gasteiger partial charge in [0.2, 0.25) is 0 Å². The Morgan fingerprint density at radius 3 is 2.60 bits per heavy atom. The molecule has 0 unspecified atom stereocenters.